The molecule has 3 rings (SSSR count). The highest BCUT2D eigenvalue weighted by atomic mass is 35.5. The van der Waals surface area contributed by atoms with Crippen LogP contribution in [0.25, 0.3) is 0 Å². The third kappa shape index (κ3) is 5.04. The van der Waals surface area contributed by atoms with Crippen LogP contribution in [0.2, 0.25) is 5.02 Å². The van der Waals surface area contributed by atoms with E-state index in [4.69, 9.17) is 11.6 Å². The van der Waals surface area contributed by atoms with Gasteiger partial charge in [0.2, 0.25) is 5.95 Å². The maximum Gasteiger partial charge on any atom is 0.225 e. The van der Waals surface area contributed by atoms with E-state index in [9.17, 15) is 0 Å². The monoisotopic (exact) mass is 346 g/mol. The van der Waals surface area contributed by atoms with Crippen molar-refractivity contribution in [3.8, 4) is 0 Å². The summed E-state index contributed by atoms with van der Waals surface area (Å²) in [5.74, 6) is 1.73. The van der Waals surface area contributed by atoms with Gasteiger partial charge in [-0.2, -0.15) is 0 Å². The van der Waals surface area contributed by atoms with Gasteiger partial charge in [0, 0.05) is 51.3 Å². The first kappa shape index (κ1) is 16.9. The molecule has 0 radical (unpaired) electrons. The molecule has 3 heterocycles. The van der Waals surface area contributed by atoms with Gasteiger partial charge in [0.25, 0.3) is 0 Å². The van der Waals surface area contributed by atoms with Gasteiger partial charge < -0.3 is 10.2 Å². The van der Waals surface area contributed by atoms with Crippen molar-refractivity contribution in [1.82, 2.24) is 19.9 Å². The van der Waals surface area contributed by atoms with E-state index >= 15 is 0 Å². The summed E-state index contributed by atoms with van der Waals surface area (Å²) in [6.45, 7) is 6.22. The lowest BCUT2D eigenvalue weighted by molar-refractivity contribution is 0.252. The molecule has 7 heteroatoms. The minimum Gasteiger partial charge on any atom is -0.370 e. The number of hydrogen-bond acceptors (Lipinski definition) is 6. The molecule has 2 aromatic heterocycles. The van der Waals surface area contributed by atoms with E-state index in [0.29, 0.717) is 5.02 Å². The number of piperazine rings is 1. The van der Waals surface area contributed by atoms with Crippen LogP contribution in [-0.2, 0) is 0 Å². The van der Waals surface area contributed by atoms with Crippen LogP contribution in [0.3, 0.4) is 0 Å². The van der Waals surface area contributed by atoms with Crippen LogP contribution in [0.4, 0.5) is 11.8 Å². The molecule has 0 amide bonds. The van der Waals surface area contributed by atoms with Crippen molar-refractivity contribution in [2.45, 2.75) is 12.8 Å². The SMILES string of the molecule is Clc1ccc(NCCCCN2CCN(c3ncccn3)CC2)nc1. The predicted molar refractivity (Wildman–Crippen MR) is 97.7 cm³/mol. The lowest BCUT2D eigenvalue weighted by Gasteiger charge is -2.34. The fourth-order valence-corrected chi connectivity index (χ4v) is 2.90. The Morgan fingerprint density at radius 2 is 1.79 bits per heavy atom. The van der Waals surface area contributed by atoms with Crippen LogP contribution in [0, 0.1) is 0 Å². The Morgan fingerprint density at radius 3 is 2.50 bits per heavy atom. The van der Waals surface area contributed by atoms with E-state index in [-0.39, 0.29) is 0 Å². The van der Waals surface area contributed by atoms with Gasteiger partial charge in [-0.05, 0) is 37.6 Å². The summed E-state index contributed by atoms with van der Waals surface area (Å²) in [4.78, 5) is 17.6. The summed E-state index contributed by atoms with van der Waals surface area (Å²) in [7, 11) is 0. The Labute approximate surface area is 147 Å². The highest BCUT2D eigenvalue weighted by Gasteiger charge is 2.17. The predicted octanol–water partition coefficient (Wildman–Crippen LogP) is 2.54. The molecule has 1 aliphatic heterocycles. The van der Waals surface area contributed by atoms with Crippen molar-refractivity contribution in [3.05, 3.63) is 41.8 Å². The number of pyridine rings is 1. The first-order valence-corrected chi connectivity index (χ1v) is 8.79. The molecule has 6 nitrogen and oxygen atoms in total. The topological polar surface area (TPSA) is 57.2 Å². The molecule has 2 aromatic rings. The second-order valence-electron chi connectivity index (χ2n) is 5.87. The molecule has 0 aromatic carbocycles. The Bertz CT molecular complexity index is 598. The largest absolute Gasteiger partial charge is 0.370 e. The van der Waals surface area contributed by atoms with Gasteiger partial charge >= 0.3 is 0 Å². The fourth-order valence-electron chi connectivity index (χ4n) is 2.78. The van der Waals surface area contributed by atoms with Gasteiger partial charge in [0.1, 0.15) is 5.82 Å². The van der Waals surface area contributed by atoms with E-state index in [1.165, 1.54) is 6.42 Å². The summed E-state index contributed by atoms with van der Waals surface area (Å²) in [5, 5.41) is 3.99. The maximum absolute atomic E-state index is 5.82. The third-order valence-corrected chi connectivity index (χ3v) is 4.37. The number of nitrogens with one attached hydrogen (secondary N) is 1. The zero-order valence-electron chi connectivity index (χ0n) is 13.7. The van der Waals surface area contributed by atoms with Crippen molar-refractivity contribution >= 4 is 23.4 Å². The van der Waals surface area contributed by atoms with E-state index in [1.54, 1.807) is 18.6 Å². The molecular formula is C17H23ClN6. The summed E-state index contributed by atoms with van der Waals surface area (Å²) in [6.07, 6.45) is 7.59. The highest BCUT2D eigenvalue weighted by Crippen LogP contribution is 2.11. The minimum absolute atomic E-state index is 0.667. The Balaban J connectivity index is 1.29. The third-order valence-electron chi connectivity index (χ3n) is 4.14. The summed E-state index contributed by atoms with van der Waals surface area (Å²) in [6, 6.07) is 5.62. The average molecular weight is 347 g/mol. The number of aromatic nitrogens is 3. The molecule has 0 atom stereocenters. The number of hydrogen-bond donors (Lipinski definition) is 1. The minimum atomic E-state index is 0.667. The second-order valence-corrected chi connectivity index (χ2v) is 6.31. The maximum atomic E-state index is 5.82. The van der Waals surface area contributed by atoms with Crippen LogP contribution in [-0.4, -0.2) is 59.1 Å². The zero-order valence-corrected chi connectivity index (χ0v) is 14.5. The highest BCUT2D eigenvalue weighted by molar-refractivity contribution is 6.30. The molecule has 24 heavy (non-hydrogen) atoms. The molecule has 0 bridgehead atoms. The molecular weight excluding hydrogens is 324 g/mol. The van der Waals surface area contributed by atoms with Crippen molar-refractivity contribution in [3.63, 3.8) is 0 Å². The number of halogens is 1. The molecule has 128 valence electrons. The lowest BCUT2D eigenvalue weighted by atomic mass is 10.2. The van der Waals surface area contributed by atoms with Gasteiger partial charge in [0.05, 0.1) is 5.02 Å². The summed E-state index contributed by atoms with van der Waals surface area (Å²) >= 11 is 5.82. The number of nitrogens with zero attached hydrogens (tertiary/aromatic N) is 5. The molecule has 1 fully saturated rings. The Hall–Kier alpha value is -1.92. The number of anilines is 2. The van der Waals surface area contributed by atoms with E-state index in [2.05, 4.69) is 30.1 Å². The van der Waals surface area contributed by atoms with Crippen molar-refractivity contribution in [1.29, 1.82) is 0 Å². The number of rotatable bonds is 7. The van der Waals surface area contributed by atoms with E-state index < -0.39 is 0 Å². The van der Waals surface area contributed by atoms with E-state index in [0.717, 1.165) is 57.5 Å². The Kier molecular flexibility index (Phi) is 6.20. The van der Waals surface area contributed by atoms with Crippen LogP contribution in [0.5, 0.6) is 0 Å². The smallest absolute Gasteiger partial charge is 0.225 e. The Morgan fingerprint density at radius 1 is 1.00 bits per heavy atom. The number of unbranched alkanes of at least 4 members (excludes halogenated alkanes) is 1. The van der Waals surface area contributed by atoms with Crippen LogP contribution < -0.4 is 10.2 Å². The van der Waals surface area contributed by atoms with Gasteiger partial charge in [-0.25, -0.2) is 15.0 Å². The molecule has 0 aliphatic carbocycles. The van der Waals surface area contributed by atoms with Gasteiger partial charge in [-0.3, -0.25) is 4.90 Å². The van der Waals surface area contributed by atoms with Crippen molar-refractivity contribution in [2.75, 3.05) is 49.5 Å². The molecule has 1 aliphatic rings. The fraction of sp³-hybridized carbons (Fsp3) is 0.471. The van der Waals surface area contributed by atoms with Crippen LogP contribution in [0.15, 0.2) is 36.8 Å². The lowest BCUT2D eigenvalue weighted by Crippen LogP contribution is -2.47. The molecule has 1 saturated heterocycles. The first-order valence-electron chi connectivity index (χ1n) is 8.41. The molecule has 1 N–H and O–H groups in total. The van der Waals surface area contributed by atoms with Gasteiger partial charge in [0.15, 0.2) is 0 Å². The van der Waals surface area contributed by atoms with Crippen molar-refractivity contribution in [2.24, 2.45) is 0 Å². The quantitative estimate of drug-likeness (QED) is 0.777. The van der Waals surface area contributed by atoms with Crippen LogP contribution >= 0.6 is 11.6 Å². The van der Waals surface area contributed by atoms with Crippen LogP contribution in [0.1, 0.15) is 12.8 Å². The first-order chi connectivity index (χ1) is 11.8. The molecule has 0 unspecified atom stereocenters. The standard InChI is InChI=1S/C17H23ClN6/c18-15-4-5-16(22-14-15)19-6-1-2-9-23-10-12-24(13-11-23)17-20-7-3-8-21-17/h3-5,7-8,14H,1-2,6,9-13H2,(H,19,22). The van der Waals surface area contributed by atoms with Crippen molar-refractivity contribution < 1.29 is 0 Å². The summed E-state index contributed by atoms with van der Waals surface area (Å²) in [5.41, 5.74) is 0. The normalized spacial score (nSPS) is 15.5. The zero-order chi connectivity index (χ0) is 16.6. The molecule has 0 saturated carbocycles. The van der Waals surface area contributed by atoms with E-state index in [1.807, 2.05) is 18.2 Å². The summed E-state index contributed by atoms with van der Waals surface area (Å²) < 4.78 is 0. The van der Waals surface area contributed by atoms with Gasteiger partial charge in [-0.15, -0.1) is 0 Å². The average Bonchev–Trinajstić information content (AvgIpc) is 2.64. The van der Waals surface area contributed by atoms with Gasteiger partial charge in [-0.1, -0.05) is 11.6 Å². The second kappa shape index (κ2) is 8.80. The molecule has 0 spiro atoms.